The molecule has 0 spiro atoms. The Labute approximate surface area is 180 Å². The third kappa shape index (κ3) is 5.39. The van der Waals surface area contributed by atoms with Crippen molar-refractivity contribution in [1.82, 2.24) is 10.2 Å². The van der Waals surface area contributed by atoms with Crippen LogP contribution in [-0.4, -0.2) is 43.3 Å². The molecule has 5 heteroatoms. The topological polar surface area (TPSA) is 27.7 Å². The molecule has 0 saturated carbocycles. The van der Waals surface area contributed by atoms with Crippen molar-refractivity contribution in [2.75, 3.05) is 31.1 Å². The van der Waals surface area contributed by atoms with Crippen molar-refractivity contribution in [3.8, 4) is 0 Å². The molecule has 0 bridgehead atoms. The molecule has 2 saturated heterocycles. The normalized spacial score (nSPS) is 22.6. The predicted molar refractivity (Wildman–Crippen MR) is 120 cm³/mol. The SMILES string of the molecule is CC1CN(Cc2ccc(CNCc3c(F)cccc3N3CCCC3)cc2)CC(C)O1. The summed E-state index contributed by atoms with van der Waals surface area (Å²) >= 11 is 0. The summed E-state index contributed by atoms with van der Waals surface area (Å²) in [5.74, 6) is -0.115. The zero-order valence-corrected chi connectivity index (χ0v) is 18.2. The minimum Gasteiger partial charge on any atom is -0.373 e. The van der Waals surface area contributed by atoms with Crippen LogP contribution in [0, 0.1) is 5.82 Å². The largest absolute Gasteiger partial charge is 0.373 e. The van der Waals surface area contributed by atoms with Crippen molar-refractivity contribution in [3.63, 3.8) is 0 Å². The summed E-state index contributed by atoms with van der Waals surface area (Å²) in [6.45, 7) is 10.5. The van der Waals surface area contributed by atoms with Gasteiger partial charge in [0.25, 0.3) is 0 Å². The lowest BCUT2D eigenvalue weighted by Crippen LogP contribution is -2.44. The molecule has 4 nitrogen and oxygen atoms in total. The van der Waals surface area contributed by atoms with Gasteiger partial charge in [0.05, 0.1) is 12.2 Å². The first kappa shape index (κ1) is 21.3. The molecule has 2 heterocycles. The van der Waals surface area contributed by atoms with Gasteiger partial charge in [-0.2, -0.15) is 0 Å². The highest BCUT2D eigenvalue weighted by molar-refractivity contribution is 5.54. The molecule has 0 aliphatic carbocycles. The molecule has 0 radical (unpaired) electrons. The van der Waals surface area contributed by atoms with Gasteiger partial charge in [-0.1, -0.05) is 30.3 Å². The van der Waals surface area contributed by atoms with Gasteiger partial charge >= 0.3 is 0 Å². The number of benzene rings is 2. The fourth-order valence-corrected chi connectivity index (χ4v) is 4.74. The van der Waals surface area contributed by atoms with Crippen molar-refractivity contribution < 1.29 is 9.13 Å². The quantitative estimate of drug-likeness (QED) is 0.734. The Balaban J connectivity index is 1.31. The Morgan fingerprint density at radius 1 is 0.933 bits per heavy atom. The van der Waals surface area contributed by atoms with E-state index in [9.17, 15) is 4.39 Å². The van der Waals surface area contributed by atoms with E-state index in [1.54, 1.807) is 6.07 Å². The highest BCUT2D eigenvalue weighted by atomic mass is 19.1. The van der Waals surface area contributed by atoms with Crippen LogP contribution >= 0.6 is 0 Å². The van der Waals surface area contributed by atoms with Crippen LogP contribution in [0.4, 0.5) is 10.1 Å². The van der Waals surface area contributed by atoms with E-state index in [0.717, 1.165) is 50.5 Å². The predicted octanol–water partition coefficient (Wildman–Crippen LogP) is 4.32. The third-order valence-electron chi connectivity index (χ3n) is 6.10. The Bertz CT molecular complexity index is 810. The van der Waals surface area contributed by atoms with Crippen LogP contribution in [0.5, 0.6) is 0 Å². The van der Waals surface area contributed by atoms with Gasteiger partial charge in [-0.05, 0) is 49.9 Å². The van der Waals surface area contributed by atoms with E-state index in [4.69, 9.17) is 4.74 Å². The Hall–Kier alpha value is -1.95. The fourth-order valence-electron chi connectivity index (χ4n) is 4.74. The minimum atomic E-state index is -0.115. The van der Waals surface area contributed by atoms with E-state index in [0.29, 0.717) is 18.8 Å². The fraction of sp³-hybridized carbons (Fsp3) is 0.520. The number of hydrogen-bond donors (Lipinski definition) is 1. The number of nitrogens with one attached hydrogen (secondary N) is 1. The number of rotatable bonds is 7. The maximum atomic E-state index is 14.5. The second kappa shape index (κ2) is 9.90. The van der Waals surface area contributed by atoms with Crippen LogP contribution in [0.3, 0.4) is 0 Å². The summed E-state index contributed by atoms with van der Waals surface area (Å²) in [7, 11) is 0. The van der Waals surface area contributed by atoms with Crippen LogP contribution in [0.2, 0.25) is 0 Å². The van der Waals surface area contributed by atoms with Crippen LogP contribution in [-0.2, 0) is 24.4 Å². The molecule has 1 N–H and O–H groups in total. The molecule has 30 heavy (non-hydrogen) atoms. The van der Waals surface area contributed by atoms with Gasteiger partial charge in [0, 0.05) is 57.1 Å². The molecule has 2 unspecified atom stereocenters. The number of hydrogen-bond acceptors (Lipinski definition) is 4. The highest BCUT2D eigenvalue weighted by Gasteiger charge is 2.22. The molecule has 2 aliphatic heterocycles. The number of halogens is 1. The van der Waals surface area contributed by atoms with E-state index < -0.39 is 0 Å². The number of nitrogens with zero attached hydrogens (tertiary/aromatic N) is 2. The zero-order chi connectivity index (χ0) is 20.9. The summed E-state index contributed by atoms with van der Waals surface area (Å²) in [5.41, 5.74) is 4.38. The van der Waals surface area contributed by atoms with Crippen LogP contribution in [0.25, 0.3) is 0 Å². The van der Waals surface area contributed by atoms with E-state index in [1.165, 1.54) is 24.0 Å². The van der Waals surface area contributed by atoms with Gasteiger partial charge in [-0.3, -0.25) is 4.90 Å². The third-order valence-corrected chi connectivity index (χ3v) is 6.10. The molecule has 162 valence electrons. The summed E-state index contributed by atoms with van der Waals surface area (Å²) in [5, 5.41) is 3.44. The lowest BCUT2D eigenvalue weighted by molar-refractivity contribution is -0.0704. The second-order valence-corrected chi connectivity index (χ2v) is 8.80. The summed E-state index contributed by atoms with van der Waals surface area (Å²) in [6, 6.07) is 14.2. The number of anilines is 1. The molecule has 2 aromatic rings. The number of ether oxygens (including phenoxy) is 1. The van der Waals surface area contributed by atoms with E-state index >= 15 is 0 Å². The van der Waals surface area contributed by atoms with Crippen molar-refractivity contribution >= 4 is 5.69 Å². The maximum absolute atomic E-state index is 14.5. The van der Waals surface area contributed by atoms with E-state index in [1.807, 2.05) is 12.1 Å². The highest BCUT2D eigenvalue weighted by Crippen LogP contribution is 2.26. The molecular formula is C25H34FN3O. The molecular weight excluding hydrogens is 377 g/mol. The molecule has 2 aromatic carbocycles. The van der Waals surface area contributed by atoms with Crippen molar-refractivity contribution in [3.05, 3.63) is 65.0 Å². The van der Waals surface area contributed by atoms with E-state index in [-0.39, 0.29) is 5.82 Å². The maximum Gasteiger partial charge on any atom is 0.129 e. The smallest absolute Gasteiger partial charge is 0.129 e. The van der Waals surface area contributed by atoms with Crippen molar-refractivity contribution in [2.45, 2.75) is 58.5 Å². The Kier molecular flexibility index (Phi) is 7.03. The monoisotopic (exact) mass is 411 g/mol. The lowest BCUT2D eigenvalue weighted by Gasteiger charge is -2.35. The van der Waals surface area contributed by atoms with Gasteiger partial charge in [0.15, 0.2) is 0 Å². The molecule has 2 fully saturated rings. The lowest BCUT2D eigenvalue weighted by atomic mass is 10.1. The summed E-state index contributed by atoms with van der Waals surface area (Å²) in [6.07, 6.45) is 2.97. The minimum absolute atomic E-state index is 0.115. The van der Waals surface area contributed by atoms with Gasteiger partial charge in [0.1, 0.15) is 5.82 Å². The molecule has 4 rings (SSSR count). The average molecular weight is 412 g/mol. The van der Waals surface area contributed by atoms with Gasteiger partial charge < -0.3 is 15.0 Å². The first-order valence-corrected chi connectivity index (χ1v) is 11.3. The zero-order valence-electron chi connectivity index (χ0n) is 18.2. The average Bonchev–Trinajstić information content (AvgIpc) is 3.24. The first-order valence-electron chi connectivity index (χ1n) is 11.3. The van der Waals surface area contributed by atoms with Gasteiger partial charge in [0.2, 0.25) is 0 Å². The summed E-state index contributed by atoms with van der Waals surface area (Å²) in [4.78, 5) is 4.77. The standard InChI is InChI=1S/C25H34FN3O/c1-19-16-28(17-20(2)30-19)18-22-10-8-21(9-11-22)14-27-15-23-24(26)6-5-7-25(23)29-12-3-4-13-29/h5-11,19-20,27H,3-4,12-18H2,1-2H3. The van der Waals surface area contributed by atoms with Crippen LogP contribution in [0.1, 0.15) is 43.4 Å². The van der Waals surface area contributed by atoms with Crippen molar-refractivity contribution in [1.29, 1.82) is 0 Å². The second-order valence-electron chi connectivity index (χ2n) is 8.80. The first-order chi connectivity index (χ1) is 14.6. The van der Waals surface area contributed by atoms with E-state index in [2.05, 4.69) is 53.2 Å². The number of morpholine rings is 1. The molecule has 2 atom stereocenters. The summed E-state index contributed by atoms with van der Waals surface area (Å²) < 4.78 is 20.3. The van der Waals surface area contributed by atoms with Gasteiger partial charge in [-0.25, -0.2) is 4.39 Å². The Morgan fingerprint density at radius 2 is 1.60 bits per heavy atom. The molecule has 2 aliphatic rings. The van der Waals surface area contributed by atoms with Gasteiger partial charge in [-0.15, -0.1) is 0 Å². The molecule has 0 aromatic heterocycles. The Morgan fingerprint density at radius 3 is 2.30 bits per heavy atom. The van der Waals surface area contributed by atoms with Crippen LogP contribution in [0.15, 0.2) is 42.5 Å². The van der Waals surface area contributed by atoms with Crippen molar-refractivity contribution in [2.24, 2.45) is 0 Å². The van der Waals surface area contributed by atoms with Crippen LogP contribution < -0.4 is 10.2 Å². The molecule has 0 amide bonds.